The average Bonchev–Trinajstić information content (AvgIpc) is 3.46. The zero-order valence-corrected chi connectivity index (χ0v) is 19.0. The van der Waals surface area contributed by atoms with Crippen molar-refractivity contribution in [3.8, 4) is 11.3 Å². The minimum absolute atomic E-state index is 0.156. The molecule has 9 nitrogen and oxygen atoms in total. The van der Waals surface area contributed by atoms with Gasteiger partial charge in [-0.05, 0) is 31.4 Å². The first-order valence-corrected chi connectivity index (χ1v) is 11.6. The van der Waals surface area contributed by atoms with Crippen LogP contribution in [0.25, 0.3) is 27.9 Å². The number of nitrogens with zero attached hydrogens (tertiary/aromatic N) is 5. The maximum Gasteiger partial charge on any atom is 0.256 e. The molecule has 0 radical (unpaired) electrons. The highest BCUT2D eigenvalue weighted by Crippen LogP contribution is 2.34. The minimum atomic E-state index is -0.156. The zero-order valence-electron chi connectivity index (χ0n) is 19.0. The second-order valence-electron chi connectivity index (χ2n) is 8.35. The van der Waals surface area contributed by atoms with E-state index in [9.17, 15) is 4.79 Å². The second kappa shape index (κ2) is 9.19. The molecule has 5 rings (SSSR count). The molecule has 5 heterocycles. The summed E-state index contributed by atoms with van der Waals surface area (Å²) in [5, 5.41) is 11.6. The number of carbonyl (C=O) groups is 1. The highest BCUT2D eigenvalue weighted by molar-refractivity contribution is 6.00. The molecule has 1 saturated heterocycles. The number of rotatable bonds is 7. The Morgan fingerprint density at radius 3 is 2.91 bits per heavy atom. The van der Waals surface area contributed by atoms with Gasteiger partial charge < -0.3 is 19.9 Å². The van der Waals surface area contributed by atoms with E-state index >= 15 is 0 Å². The monoisotopic (exact) mass is 447 g/mol. The number of pyridine rings is 1. The van der Waals surface area contributed by atoms with Gasteiger partial charge in [0.05, 0.1) is 11.9 Å². The predicted molar refractivity (Wildman–Crippen MR) is 128 cm³/mol. The molecule has 9 heteroatoms. The van der Waals surface area contributed by atoms with Crippen molar-refractivity contribution in [2.75, 3.05) is 32.1 Å². The van der Waals surface area contributed by atoms with Gasteiger partial charge in [0, 0.05) is 62.3 Å². The lowest BCUT2D eigenvalue weighted by Crippen LogP contribution is -2.24. The molecule has 0 atom stereocenters. The Bertz CT molecular complexity index is 1290. The molecular formula is C24H29N7O2. The quantitative estimate of drug-likeness (QED) is 0.420. The molecule has 1 aliphatic heterocycles. The highest BCUT2D eigenvalue weighted by Gasteiger charge is 2.23. The van der Waals surface area contributed by atoms with Crippen molar-refractivity contribution in [3.05, 3.63) is 42.4 Å². The van der Waals surface area contributed by atoms with Crippen LogP contribution >= 0.6 is 0 Å². The number of hydrogen-bond donors (Lipinski definition) is 2. The Hall–Kier alpha value is -3.46. The number of anilines is 1. The summed E-state index contributed by atoms with van der Waals surface area (Å²) in [7, 11) is 1.84. The van der Waals surface area contributed by atoms with Crippen LogP contribution in [0.15, 0.2) is 36.8 Å². The van der Waals surface area contributed by atoms with Crippen LogP contribution in [0, 0.1) is 0 Å². The van der Waals surface area contributed by atoms with E-state index in [0.29, 0.717) is 23.8 Å². The lowest BCUT2D eigenvalue weighted by molar-refractivity contribution is 0.0706. The van der Waals surface area contributed by atoms with E-state index in [1.165, 1.54) is 0 Å². The van der Waals surface area contributed by atoms with Crippen LogP contribution in [0.3, 0.4) is 0 Å². The molecule has 0 unspecified atom stereocenters. The standard InChI is InChI=1S/C24H29N7O2/c1-3-4-9-27-24(32)18-14-28-31-21(25-2)13-20(29-23(18)31)19-15-30(16-7-11-33-12-8-16)22-17(19)6-5-10-26-22/h5-6,10,13-16,25H,3-4,7-9,11-12H2,1-2H3,(H,27,32). The van der Waals surface area contributed by atoms with Crippen LogP contribution in [0.4, 0.5) is 5.82 Å². The van der Waals surface area contributed by atoms with Gasteiger partial charge >= 0.3 is 0 Å². The Labute approximate surface area is 192 Å². The summed E-state index contributed by atoms with van der Waals surface area (Å²) >= 11 is 0. The first-order valence-electron chi connectivity index (χ1n) is 11.6. The van der Waals surface area contributed by atoms with Crippen LogP contribution in [-0.2, 0) is 4.74 Å². The maximum atomic E-state index is 12.8. The van der Waals surface area contributed by atoms with Crippen molar-refractivity contribution in [3.63, 3.8) is 0 Å². The number of nitrogens with one attached hydrogen (secondary N) is 2. The van der Waals surface area contributed by atoms with Crippen LogP contribution in [0.5, 0.6) is 0 Å². The Kier molecular flexibility index (Phi) is 5.95. The van der Waals surface area contributed by atoms with Crippen molar-refractivity contribution in [1.29, 1.82) is 0 Å². The summed E-state index contributed by atoms with van der Waals surface area (Å²) in [5.41, 5.74) is 3.71. The summed E-state index contributed by atoms with van der Waals surface area (Å²) in [6, 6.07) is 6.33. The third-order valence-electron chi connectivity index (χ3n) is 6.24. The van der Waals surface area contributed by atoms with E-state index < -0.39 is 0 Å². The summed E-state index contributed by atoms with van der Waals surface area (Å²) in [5.74, 6) is 0.606. The number of ether oxygens (including phenoxy) is 1. The largest absolute Gasteiger partial charge is 0.381 e. The molecule has 0 saturated carbocycles. The van der Waals surface area contributed by atoms with E-state index in [0.717, 1.165) is 67.0 Å². The zero-order chi connectivity index (χ0) is 22.8. The van der Waals surface area contributed by atoms with Crippen LogP contribution in [0.1, 0.15) is 49.0 Å². The molecule has 2 N–H and O–H groups in total. The van der Waals surface area contributed by atoms with E-state index in [1.54, 1.807) is 10.7 Å². The number of aromatic nitrogens is 5. The van der Waals surface area contributed by atoms with Gasteiger partial charge in [0.25, 0.3) is 5.91 Å². The molecule has 1 fully saturated rings. The maximum absolute atomic E-state index is 12.8. The predicted octanol–water partition coefficient (Wildman–Crippen LogP) is 3.67. The molecule has 1 aliphatic rings. The lowest BCUT2D eigenvalue weighted by atomic mass is 10.1. The second-order valence-corrected chi connectivity index (χ2v) is 8.35. The summed E-state index contributed by atoms with van der Waals surface area (Å²) < 4.78 is 9.49. The Morgan fingerprint density at radius 2 is 2.12 bits per heavy atom. The van der Waals surface area contributed by atoms with Crippen LogP contribution in [-0.4, -0.2) is 56.9 Å². The number of amides is 1. The first kappa shape index (κ1) is 21.4. The molecular weight excluding hydrogens is 418 g/mol. The highest BCUT2D eigenvalue weighted by atomic mass is 16.5. The molecule has 4 aromatic heterocycles. The van der Waals surface area contributed by atoms with Crippen molar-refractivity contribution in [1.82, 2.24) is 29.5 Å². The fraction of sp³-hybridized carbons (Fsp3) is 0.417. The molecule has 33 heavy (non-hydrogen) atoms. The van der Waals surface area contributed by atoms with Gasteiger partial charge in [-0.2, -0.15) is 9.61 Å². The fourth-order valence-electron chi connectivity index (χ4n) is 4.44. The Morgan fingerprint density at radius 1 is 1.27 bits per heavy atom. The van der Waals surface area contributed by atoms with Crippen LogP contribution in [0.2, 0.25) is 0 Å². The summed E-state index contributed by atoms with van der Waals surface area (Å²) in [4.78, 5) is 22.4. The Balaban J connectivity index is 1.62. The third-order valence-corrected chi connectivity index (χ3v) is 6.24. The van der Waals surface area contributed by atoms with E-state index in [4.69, 9.17) is 9.72 Å². The van der Waals surface area contributed by atoms with Gasteiger partial charge in [0.15, 0.2) is 5.65 Å². The third kappa shape index (κ3) is 3.93. The van der Waals surface area contributed by atoms with Gasteiger partial charge in [0.2, 0.25) is 0 Å². The molecule has 0 aliphatic carbocycles. The molecule has 0 bridgehead atoms. The first-order chi connectivity index (χ1) is 16.2. The van der Waals surface area contributed by atoms with Crippen molar-refractivity contribution in [2.24, 2.45) is 0 Å². The van der Waals surface area contributed by atoms with Gasteiger partial charge in [-0.3, -0.25) is 4.79 Å². The van der Waals surface area contributed by atoms with Gasteiger partial charge in [-0.1, -0.05) is 13.3 Å². The summed E-state index contributed by atoms with van der Waals surface area (Å²) in [6.07, 6.45) is 9.42. The van der Waals surface area contributed by atoms with E-state index in [2.05, 4.69) is 44.5 Å². The topological polar surface area (TPSA) is 98.4 Å². The van der Waals surface area contributed by atoms with Gasteiger partial charge in [-0.25, -0.2) is 9.97 Å². The van der Waals surface area contributed by atoms with Crippen molar-refractivity contribution >= 4 is 28.4 Å². The van der Waals surface area contributed by atoms with Crippen molar-refractivity contribution < 1.29 is 9.53 Å². The number of hydrogen-bond acceptors (Lipinski definition) is 6. The minimum Gasteiger partial charge on any atom is -0.381 e. The fourth-order valence-corrected chi connectivity index (χ4v) is 4.44. The molecule has 4 aromatic rings. The average molecular weight is 448 g/mol. The van der Waals surface area contributed by atoms with E-state index in [-0.39, 0.29) is 5.91 Å². The van der Waals surface area contributed by atoms with Crippen molar-refractivity contribution in [2.45, 2.75) is 38.6 Å². The molecule has 0 aromatic carbocycles. The number of fused-ring (bicyclic) bond motifs is 2. The lowest BCUT2D eigenvalue weighted by Gasteiger charge is -2.24. The van der Waals surface area contributed by atoms with Gasteiger partial charge in [0.1, 0.15) is 17.0 Å². The number of unbranched alkanes of at least 4 members (excludes halogenated alkanes) is 1. The number of carbonyl (C=O) groups excluding carboxylic acids is 1. The SMILES string of the molecule is CCCCNC(=O)c1cnn2c(NC)cc(-c3cn(C4CCOCC4)c4ncccc34)nc12. The normalized spacial score (nSPS) is 14.7. The molecule has 172 valence electrons. The molecule has 1 amide bonds. The van der Waals surface area contributed by atoms with E-state index in [1.807, 2.05) is 25.4 Å². The smallest absolute Gasteiger partial charge is 0.256 e. The van der Waals surface area contributed by atoms with Crippen LogP contribution < -0.4 is 10.6 Å². The molecule has 0 spiro atoms. The van der Waals surface area contributed by atoms with Gasteiger partial charge in [-0.15, -0.1) is 0 Å². The summed E-state index contributed by atoms with van der Waals surface area (Å²) in [6.45, 7) is 4.25.